The fraction of sp³-hybridized carbons (Fsp3) is 0.273. The highest BCUT2D eigenvalue weighted by atomic mass is 19.1. The molecule has 2 aromatic rings. The highest BCUT2D eigenvalue weighted by Gasteiger charge is 2.07. The zero-order valence-electron chi connectivity index (χ0n) is 7.76. The first kappa shape index (κ1) is 8.30. The van der Waals surface area contributed by atoms with Crippen LogP contribution in [0.25, 0.3) is 10.9 Å². The molecule has 0 aliphatic rings. The van der Waals surface area contributed by atoms with E-state index in [-0.39, 0.29) is 5.82 Å². The van der Waals surface area contributed by atoms with Crippen LogP contribution in [-0.4, -0.2) is 4.98 Å². The molecule has 1 aromatic heterocycles. The summed E-state index contributed by atoms with van der Waals surface area (Å²) in [7, 11) is 0. The summed E-state index contributed by atoms with van der Waals surface area (Å²) in [5, 5.41) is 0.995. The van der Waals surface area contributed by atoms with E-state index in [2.05, 4.69) is 18.8 Å². The number of fused-ring (bicyclic) bond motifs is 1. The average Bonchev–Trinajstić information content (AvgIpc) is 2.46. The lowest BCUT2D eigenvalue weighted by Crippen LogP contribution is -1.84. The van der Waals surface area contributed by atoms with Crippen molar-refractivity contribution in [3.63, 3.8) is 0 Å². The maximum absolute atomic E-state index is 12.9. The molecule has 1 nitrogen and oxygen atoms in total. The molecule has 0 saturated carbocycles. The number of hydrogen-bond acceptors (Lipinski definition) is 0. The van der Waals surface area contributed by atoms with Crippen LogP contribution in [0.15, 0.2) is 24.4 Å². The van der Waals surface area contributed by atoms with Crippen LogP contribution < -0.4 is 0 Å². The first-order valence-electron chi connectivity index (χ1n) is 4.45. The van der Waals surface area contributed by atoms with Gasteiger partial charge in [-0.05, 0) is 29.7 Å². The quantitative estimate of drug-likeness (QED) is 0.686. The zero-order valence-corrected chi connectivity index (χ0v) is 7.76. The number of hydrogen-bond donors (Lipinski definition) is 1. The third kappa shape index (κ3) is 1.32. The lowest BCUT2D eigenvalue weighted by atomic mass is 10.0. The Morgan fingerprint density at radius 3 is 2.77 bits per heavy atom. The summed E-state index contributed by atoms with van der Waals surface area (Å²) in [5.74, 6) is 0.254. The van der Waals surface area contributed by atoms with Crippen LogP contribution in [0, 0.1) is 5.82 Å². The van der Waals surface area contributed by atoms with E-state index in [4.69, 9.17) is 0 Å². The van der Waals surface area contributed by atoms with Crippen molar-refractivity contribution in [1.29, 1.82) is 0 Å². The van der Waals surface area contributed by atoms with E-state index >= 15 is 0 Å². The number of aromatic amines is 1. The second kappa shape index (κ2) is 2.87. The molecule has 13 heavy (non-hydrogen) atoms. The van der Waals surface area contributed by atoms with Crippen molar-refractivity contribution in [1.82, 2.24) is 4.98 Å². The molecule has 68 valence electrons. The van der Waals surface area contributed by atoms with Gasteiger partial charge in [0, 0.05) is 17.1 Å². The zero-order chi connectivity index (χ0) is 9.42. The number of rotatable bonds is 1. The maximum Gasteiger partial charge on any atom is 0.123 e. The summed E-state index contributed by atoms with van der Waals surface area (Å²) < 4.78 is 12.9. The Balaban J connectivity index is 2.71. The molecule has 0 aliphatic heterocycles. The highest BCUT2D eigenvalue weighted by molar-refractivity contribution is 5.83. The molecule has 0 atom stereocenters. The Morgan fingerprint density at radius 2 is 2.08 bits per heavy atom. The number of aromatic nitrogens is 1. The van der Waals surface area contributed by atoms with Gasteiger partial charge >= 0.3 is 0 Å². The predicted molar refractivity (Wildman–Crippen MR) is 52.3 cm³/mol. The number of H-pyrrole nitrogens is 1. The van der Waals surface area contributed by atoms with Gasteiger partial charge in [-0.15, -0.1) is 0 Å². The molecule has 1 aromatic carbocycles. The molecule has 0 fully saturated rings. The van der Waals surface area contributed by atoms with Gasteiger partial charge in [-0.1, -0.05) is 13.8 Å². The van der Waals surface area contributed by atoms with E-state index in [1.165, 1.54) is 11.6 Å². The van der Waals surface area contributed by atoms with Crippen LogP contribution in [0.3, 0.4) is 0 Å². The number of nitrogens with one attached hydrogen (secondary N) is 1. The minimum atomic E-state index is -0.172. The van der Waals surface area contributed by atoms with Gasteiger partial charge < -0.3 is 4.98 Å². The molecule has 1 N–H and O–H groups in total. The van der Waals surface area contributed by atoms with Crippen molar-refractivity contribution in [3.8, 4) is 0 Å². The standard InChI is InChI=1S/C11H12FN/c1-7(2)10-6-13-11-4-3-8(12)5-9(10)11/h3-7,13H,1-2H3. The second-order valence-corrected chi connectivity index (χ2v) is 3.59. The molecule has 0 bridgehead atoms. The topological polar surface area (TPSA) is 15.8 Å². The summed E-state index contributed by atoms with van der Waals surface area (Å²) >= 11 is 0. The van der Waals surface area contributed by atoms with Crippen molar-refractivity contribution in [2.75, 3.05) is 0 Å². The van der Waals surface area contributed by atoms with E-state index in [0.29, 0.717) is 5.92 Å². The Bertz CT molecular complexity index is 429. The van der Waals surface area contributed by atoms with Gasteiger partial charge in [0.2, 0.25) is 0 Å². The van der Waals surface area contributed by atoms with Gasteiger partial charge in [-0.25, -0.2) is 4.39 Å². The normalized spacial score (nSPS) is 11.4. The summed E-state index contributed by atoms with van der Waals surface area (Å²) in [6.07, 6.45) is 1.95. The molecule has 1 heterocycles. The first-order chi connectivity index (χ1) is 6.18. The lowest BCUT2D eigenvalue weighted by Gasteiger charge is -2.01. The molecule has 2 rings (SSSR count). The molecular formula is C11H12FN. The van der Waals surface area contributed by atoms with Crippen LogP contribution in [0.5, 0.6) is 0 Å². The molecule has 0 radical (unpaired) electrons. The summed E-state index contributed by atoms with van der Waals surface area (Å²) in [5.41, 5.74) is 2.18. The molecule has 0 spiro atoms. The summed E-state index contributed by atoms with van der Waals surface area (Å²) in [6, 6.07) is 4.83. The van der Waals surface area contributed by atoms with Crippen LogP contribution >= 0.6 is 0 Å². The van der Waals surface area contributed by atoms with Crippen LogP contribution in [0.2, 0.25) is 0 Å². The van der Waals surface area contributed by atoms with E-state index in [0.717, 1.165) is 10.9 Å². The van der Waals surface area contributed by atoms with E-state index in [1.807, 2.05) is 6.20 Å². The number of benzene rings is 1. The lowest BCUT2D eigenvalue weighted by molar-refractivity contribution is 0.629. The SMILES string of the molecule is CC(C)c1c[nH]c2ccc(F)cc12. The minimum Gasteiger partial charge on any atom is -0.361 e. The Labute approximate surface area is 76.6 Å². The Morgan fingerprint density at radius 1 is 1.31 bits per heavy atom. The Hall–Kier alpha value is -1.31. The van der Waals surface area contributed by atoms with Crippen LogP contribution in [-0.2, 0) is 0 Å². The monoisotopic (exact) mass is 177 g/mol. The smallest absolute Gasteiger partial charge is 0.123 e. The van der Waals surface area contributed by atoms with Crippen molar-refractivity contribution in [2.45, 2.75) is 19.8 Å². The largest absolute Gasteiger partial charge is 0.361 e. The van der Waals surface area contributed by atoms with Crippen molar-refractivity contribution >= 4 is 10.9 Å². The Kier molecular flexibility index (Phi) is 1.83. The third-order valence-corrected chi connectivity index (χ3v) is 2.30. The fourth-order valence-corrected chi connectivity index (χ4v) is 1.59. The molecule has 0 aliphatic carbocycles. The van der Waals surface area contributed by atoms with Gasteiger partial charge in [0.1, 0.15) is 5.82 Å². The molecule has 2 heteroatoms. The molecule has 0 unspecified atom stereocenters. The van der Waals surface area contributed by atoms with Gasteiger partial charge in [-0.3, -0.25) is 0 Å². The maximum atomic E-state index is 12.9. The molecule has 0 amide bonds. The van der Waals surface area contributed by atoms with Gasteiger partial charge in [0.15, 0.2) is 0 Å². The third-order valence-electron chi connectivity index (χ3n) is 2.30. The highest BCUT2D eigenvalue weighted by Crippen LogP contribution is 2.25. The van der Waals surface area contributed by atoms with Crippen molar-refractivity contribution in [3.05, 3.63) is 35.8 Å². The van der Waals surface area contributed by atoms with Crippen molar-refractivity contribution < 1.29 is 4.39 Å². The summed E-state index contributed by atoms with van der Waals surface area (Å²) in [4.78, 5) is 3.13. The number of halogens is 1. The second-order valence-electron chi connectivity index (χ2n) is 3.59. The average molecular weight is 177 g/mol. The van der Waals surface area contributed by atoms with Crippen LogP contribution in [0.1, 0.15) is 25.3 Å². The predicted octanol–water partition coefficient (Wildman–Crippen LogP) is 3.43. The molecule has 0 saturated heterocycles. The van der Waals surface area contributed by atoms with Gasteiger partial charge in [0.05, 0.1) is 0 Å². The van der Waals surface area contributed by atoms with E-state index in [1.54, 1.807) is 12.1 Å². The molecular weight excluding hydrogens is 165 g/mol. The summed E-state index contributed by atoms with van der Waals surface area (Å²) in [6.45, 7) is 4.21. The van der Waals surface area contributed by atoms with E-state index < -0.39 is 0 Å². The first-order valence-corrected chi connectivity index (χ1v) is 4.45. The van der Waals surface area contributed by atoms with Gasteiger partial charge in [-0.2, -0.15) is 0 Å². The fourth-order valence-electron chi connectivity index (χ4n) is 1.59. The minimum absolute atomic E-state index is 0.172. The van der Waals surface area contributed by atoms with Crippen molar-refractivity contribution in [2.24, 2.45) is 0 Å². The van der Waals surface area contributed by atoms with Crippen LogP contribution in [0.4, 0.5) is 4.39 Å². The van der Waals surface area contributed by atoms with Gasteiger partial charge in [0.25, 0.3) is 0 Å². The van der Waals surface area contributed by atoms with E-state index in [9.17, 15) is 4.39 Å².